The molecule has 11 heteroatoms. The first-order chi connectivity index (χ1) is 20.2. The molecule has 1 fully saturated rings. The molecule has 0 saturated carbocycles. The predicted molar refractivity (Wildman–Crippen MR) is 166 cm³/mol. The maximum atomic E-state index is 13.6. The minimum absolute atomic E-state index is 0.00586. The van der Waals surface area contributed by atoms with Crippen molar-refractivity contribution in [3.8, 4) is 17.2 Å². The number of nitrogens with one attached hydrogen (secondary N) is 1. The maximum Gasteiger partial charge on any atom is 0.261 e. The topological polar surface area (TPSA) is 88.2 Å². The fourth-order valence-corrected chi connectivity index (χ4v) is 6.01. The Bertz CT molecular complexity index is 1660. The van der Waals surface area contributed by atoms with E-state index in [2.05, 4.69) is 9.62 Å². The summed E-state index contributed by atoms with van der Waals surface area (Å²) in [6.07, 6.45) is 0. The van der Waals surface area contributed by atoms with Crippen LogP contribution in [0.1, 0.15) is 17.3 Å². The Hall–Kier alpha value is -3.92. The Morgan fingerprint density at radius 1 is 0.857 bits per heavy atom. The maximum absolute atomic E-state index is 13.6. The first-order valence-corrected chi connectivity index (χ1v) is 15.6. The van der Waals surface area contributed by atoms with Gasteiger partial charge in [0, 0.05) is 36.9 Å². The van der Waals surface area contributed by atoms with Gasteiger partial charge in [0.2, 0.25) is 0 Å². The van der Waals surface area contributed by atoms with Gasteiger partial charge < -0.3 is 19.3 Å². The molecule has 4 aromatic carbocycles. The van der Waals surface area contributed by atoms with E-state index in [0.717, 1.165) is 11.4 Å². The third kappa shape index (κ3) is 6.92. The number of halogens is 2. The Balaban J connectivity index is 1.27. The minimum atomic E-state index is -4.03. The number of ether oxygens (including phenoxy) is 2. The lowest BCUT2D eigenvalue weighted by atomic mass is 10.1. The molecular weight excluding hydrogens is 597 g/mol. The zero-order valence-electron chi connectivity index (χ0n) is 22.8. The summed E-state index contributed by atoms with van der Waals surface area (Å²) in [5, 5.41) is 0.767. The van der Waals surface area contributed by atoms with Crippen LogP contribution in [-0.4, -0.2) is 52.0 Å². The summed E-state index contributed by atoms with van der Waals surface area (Å²) in [5.41, 5.74) is 1.37. The van der Waals surface area contributed by atoms with Crippen LogP contribution in [0.4, 0.5) is 11.4 Å². The average Bonchev–Trinajstić information content (AvgIpc) is 3.00. The van der Waals surface area contributed by atoms with Gasteiger partial charge in [0.1, 0.15) is 17.2 Å². The second-order valence-electron chi connectivity index (χ2n) is 9.51. The van der Waals surface area contributed by atoms with Crippen molar-refractivity contribution in [3.05, 3.63) is 107 Å². The summed E-state index contributed by atoms with van der Waals surface area (Å²) < 4.78 is 40.4. The van der Waals surface area contributed by atoms with Crippen LogP contribution in [0.2, 0.25) is 10.0 Å². The molecule has 1 amide bonds. The van der Waals surface area contributed by atoms with Gasteiger partial charge in [0.05, 0.1) is 27.8 Å². The van der Waals surface area contributed by atoms with Gasteiger partial charge in [-0.3, -0.25) is 9.52 Å². The molecule has 1 aliphatic heterocycles. The number of piperazine rings is 1. The molecule has 0 atom stereocenters. The predicted octanol–water partition coefficient (Wildman–Crippen LogP) is 6.95. The monoisotopic (exact) mass is 625 g/mol. The van der Waals surface area contributed by atoms with E-state index in [0.29, 0.717) is 54.3 Å². The van der Waals surface area contributed by atoms with Crippen LogP contribution < -0.4 is 19.1 Å². The highest BCUT2D eigenvalue weighted by Crippen LogP contribution is 2.31. The fraction of sp³-hybridized carbons (Fsp3) is 0.194. The van der Waals surface area contributed by atoms with Crippen molar-refractivity contribution in [2.75, 3.05) is 42.4 Å². The second-order valence-corrected chi connectivity index (χ2v) is 12.0. The SMILES string of the molecule is CCOc1ccc(N2CCN(C(=O)c3cc(Cl)ccc3NS(=O)(=O)c3ccc(Oc4ccccc4Cl)cc3)CC2)cc1. The fourth-order valence-electron chi connectivity index (χ4n) is 4.59. The molecule has 1 heterocycles. The van der Waals surface area contributed by atoms with Gasteiger partial charge in [0.25, 0.3) is 15.9 Å². The molecule has 1 aliphatic rings. The summed E-state index contributed by atoms with van der Waals surface area (Å²) in [5.74, 6) is 1.39. The molecule has 42 heavy (non-hydrogen) atoms. The van der Waals surface area contributed by atoms with E-state index in [1.807, 2.05) is 31.2 Å². The van der Waals surface area contributed by atoms with Gasteiger partial charge in [0.15, 0.2) is 0 Å². The number of rotatable bonds is 9. The number of anilines is 2. The van der Waals surface area contributed by atoms with Crippen LogP contribution in [0.3, 0.4) is 0 Å². The molecule has 0 bridgehead atoms. The first-order valence-electron chi connectivity index (χ1n) is 13.4. The van der Waals surface area contributed by atoms with Gasteiger partial charge in [-0.1, -0.05) is 35.3 Å². The second kappa shape index (κ2) is 12.9. The molecule has 1 saturated heterocycles. The van der Waals surface area contributed by atoms with Gasteiger partial charge in [-0.05, 0) is 85.8 Å². The highest BCUT2D eigenvalue weighted by atomic mass is 35.5. The number of amides is 1. The van der Waals surface area contributed by atoms with Crippen LogP contribution in [0, 0.1) is 0 Å². The third-order valence-corrected chi connectivity index (χ3v) is 8.66. The van der Waals surface area contributed by atoms with E-state index in [1.165, 1.54) is 36.4 Å². The van der Waals surface area contributed by atoms with E-state index in [9.17, 15) is 13.2 Å². The van der Waals surface area contributed by atoms with Crippen LogP contribution in [0.15, 0.2) is 95.9 Å². The summed E-state index contributed by atoms with van der Waals surface area (Å²) >= 11 is 12.4. The van der Waals surface area contributed by atoms with Crippen molar-refractivity contribution in [1.82, 2.24) is 4.90 Å². The largest absolute Gasteiger partial charge is 0.494 e. The Labute approximate surface area is 255 Å². The number of para-hydroxylation sites is 1. The molecule has 4 aromatic rings. The minimum Gasteiger partial charge on any atom is -0.494 e. The average molecular weight is 627 g/mol. The number of hydrogen-bond donors (Lipinski definition) is 1. The number of benzene rings is 4. The van der Waals surface area contributed by atoms with Crippen molar-refractivity contribution >= 4 is 50.5 Å². The van der Waals surface area contributed by atoms with Crippen molar-refractivity contribution in [2.24, 2.45) is 0 Å². The van der Waals surface area contributed by atoms with E-state index in [-0.39, 0.29) is 22.1 Å². The van der Waals surface area contributed by atoms with Crippen molar-refractivity contribution in [2.45, 2.75) is 11.8 Å². The lowest BCUT2D eigenvalue weighted by Crippen LogP contribution is -2.49. The number of hydrogen-bond acceptors (Lipinski definition) is 6. The number of carbonyl (C=O) groups is 1. The molecule has 5 rings (SSSR count). The molecule has 0 spiro atoms. The lowest BCUT2D eigenvalue weighted by molar-refractivity contribution is 0.0748. The highest BCUT2D eigenvalue weighted by Gasteiger charge is 2.26. The molecule has 0 aromatic heterocycles. The van der Waals surface area contributed by atoms with Gasteiger partial charge in [-0.15, -0.1) is 0 Å². The first kappa shape index (κ1) is 29.6. The zero-order valence-corrected chi connectivity index (χ0v) is 25.1. The standard InChI is InChI=1S/C31H29Cl2N3O5S/c1-2-40-24-10-8-23(9-11-24)35-17-19-36(20-18-35)31(37)27-21-22(32)7-16-29(27)34-42(38,39)26-14-12-25(13-15-26)41-30-6-4-3-5-28(30)33/h3-16,21,34H,2,17-20H2,1H3. The van der Waals surface area contributed by atoms with Crippen molar-refractivity contribution < 1.29 is 22.7 Å². The molecule has 0 aliphatic carbocycles. The van der Waals surface area contributed by atoms with E-state index < -0.39 is 10.0 Å². The van der Waals surface area contributed by atoms with E-state index in [1.54, 1.807) is 35.2 Å². The summed E-state index contributed by atoms with van der Waals surface area (Å²) in [4.78, 5) is 17.5. The molecule has 218 valence electrons. The van der Waals surface area contributed by atoms with E-state index >= 15 is 0 Å². The molecule has 1 N–H and O–H groups in total. The van der Waals surface area contributed by atoms with Crippen molar-refractivity contribution in [1.29, 1.82) is 0 Å². The third-order valence-electron chi connectivity index (χ3n) is 6.73. The smallest absolute Gasteiger partial charge is 0.261 e. The summed E-state index contributed by atoms with van der Waals surface area (Å²) in [7, 11) is -4.03. The highest BCUT2D eigenvalue weighted by molar-refractivity contribution is 7.92. The lowest BCUT2D eigenvalue weighted by Gasteiger charge is -2.36. The normalized spacial score (nSPS) is 13.5. The van der Waals surface area contributed by atoms with Crippen LogP contribution >= 0.6 is 23.2 Å². The molecule has 8 nitrogen and oxygen atoms in total. The van der Waals surface area contributed by atoms with Gasteiger partial charge >= 0.3 is 0 Å². The number of sulfonamides is 1. The number of carbonyl (C=O) groups excluding carboxylic acids is 1. The van der Waals surface area contributed by atoms with Gasteiger partial charge in [-0.25, -0.2) is 8.42 Å². The molecular formula is C31H29Cl2N3O5S. The Morgan fingerprint density at radius 2 is 1.52 bits per heavy atom. The number of nitrogens with zero attached hydrogens (tertiary/aromatic N) is 2. The summed E-state index contributed by atoms with van der Waals surface area (Å²) in [6, 6.07) is 25.3. The molecule has 0 unspecified atom stereocenters. The summed E-state index contributed by atoms with van der Waals surface area (Å²) in [6.45, 7) is 4.74. The van der Waals surface area contributed by atoms with Crippen LogP contribution in [-0.2, 0) is 10.0 Å². The van der Waals surface area contributed by atoms with Crippen LogP contribution in [0.25, 0.3) is 0 Å². The Kier molecular flexibility index (Phi) is 9.11. The zero-order chi connectivity index (χ0) is 29.7. The van der Waals surface area contributed by atoms with Crippen molar-refractivity contribution in [3.63, 3.8) is 0 Å². The van der Waals surface area contributed by atoms with Gasteiger partial charge in [-0.2, -0.15) is 0 Å². The van der Waals surface area contributed by atoms with E-state index in [4.69, 9.17) is 32.7 Å². The van der Waals surface area contributed by atoms with Crippen LogP contribution in [0.5, 0.6) is 17.2 Å². The quantitative estimate of drug-likeness (QED) is 0.217. The molecule has 0 radical (unpaired) electrons. The Morgan fingerprint density at radius 3 is 2.19 bits per heavy atom.